The lowest BCUT2D eigenvalue weighted by Gasteiger charge is -2.20. The maximum Gasteiger partial charge on any atom is 0.263 e. The fraction of sp³-hybridized carbons (Fsp3) is 0.167. The van der Waals surface area contributed by atoms with E-state index in [4.69, 9.17) is 0 Å². The van der Waals surface area contributed by atoms with Crippen LogP contribution in [-0.2, 0) is 14.4 Å². The molecule has 0 radical (unpaired) electrons. The van der Waals surface area contributed by atoms with Gasteiger partial charge >= 0.3 is 0 Å². The Bertz CT molecular complexity index is 1060. The van der Waals surface area contributed by atoms with Crippen LogP contribution in [-0.4, -0.2) is 41.4 Å². The topological polar surface area (TPSA) is 94.4 Å². The van der Waals surface area contributed by atoms with Crippen molar-refractivity contribution in [2.75, 3.05) is 16.8 Å². The summed E-state index contributed by atoms with van der Waals surface area (Å²) in [7, 11) is 0. The lowest BCUT2D eigenvalue weighted by Crippen LogP contribution is -2.43. The van der Waals surface area contributed by atoms with E-state index in [1.54, 1.807) is 0 Å². The van der Waals surface area contributed by atoms with Crippen molar-refractivity contribution in [1.82, 2.24) is 5.01 Å². The Morgan fingerprint density at radius 3 is 2.55 bits per heavy atom. The molecule has 2 aromatic rings. The maximum atomic E-state index is 13.5. The van der Waals surface area contributed by atoms with Gasteiger partial charge in [-0.15, -0.1) is 0 Å². The minimum atomic E-state index is -1.21. The van der Waals surface area contributed by atoms with E-state index in [-0.39, 0.29) is 11.4 Å². The smallest absolute Gasteiger partial charge is 0.263 e. The minimum Gasteiger partial charge on any atom is -0.324 e. The van der Waals surface area contributed by atoms with Crippen LogP contribution in [0.5, 0.6) is 0 Å². The fourth-order valence-electron chi connectivity index (χ4n) is 3.15. The molecule has 1 fully saturated rings. The molecular formula is C18H12F3N5O3. The van der Waals surface area contributed by atoms with Crippen molar-refractivity contribution in [2.45, 2.75) is 12.1 Å². The summed E-state index contributed by atoms with van der Waals surface area (Å²) >= 11 is 0. The van der Waals surface area contributed by atoms with E-state index in [1.807, 2.05) is 0 Å². The molecule has 1 saturated heterocycles. The highest BCUT2D eigenvalue weighted by Crippen LogP contribution is 2.32. The van der Waals surface area contributed by atoms with Crippen molar-refractivity contribution < 1.29 is 27.6 Å². The monoisotopic (exact) mass is 403 g/mol. The number of carbonyl (C=O) groups is 3. The number of hydrogen-bond acceptors (Lipinski definition) is 6. The zero-order valence-electron chi connectivity index (χ0n) is 14.6. The normalized spacial score (nSPS) is 20.4. The molecule has 0 unspecified atom stereocenters. The first-order chi connectivity index (χ1) is 13.8. The molecule has 11 heteroatoms. The van der Waals surface area contributed by atoms with E-state index >= 15 is 0 Å². The van der Waals surface area contributed by atoms with E-state index in [2.05, 4.69) is 15.7 Å². The van der Waals surface area contributed by atoms with Crippen molar-refractivity contribution in [3.8, 4) is 0 Å². The Morgan fingerprint density at radius 2 is 1.83 bits per heavy atom. The molecule has 1 N–H and O–H groups in total. The van der Waals surface area contributed by atoms with Gasteiger partial charge in [-0.1, -0.05) is 11.3 Å². The summed E-state index contributed by atoms with van der Waals surface area (Å²) < 4.78 is 39.9. The fourth-order valence-corrected chi connectivity index (χ4v) is 3.15. The van der Waals surface area contributed by atoms with Gasteiger partial charge in [0.25, 0.3) is 11.8 Å². The zero-order valence-corrected chi connectivity index (χ0v) is 14.6. The molecule has 2 atom stereocenters. The summed E-state index contributed by atoms with van der Waals surface area (Å²) in [5.41, 5.74) is 0.0626. The zero-order chi connectivity index (χ0) is 20.7. The third-order valence-electron chi connectivity index (χ3n) is 4.43. The van der Waals surface area contributed by atoms with Gasteiger partial charge in [-0.3, -0.25) is 19.4 Å². The van der Waals surface area contributed by atoms with Gasteiger partial charge in [0.15, 0.2) is 23.7 Å². The second-order valence-corrected chi connectivity index (χ2v) is 6.36. The summed E-state index contributed by atoms with van der Waals surface area (Å²) in [5.74, 6) is -5.02. The molecule has 0 bridgehead atoms. The molecule has 2 aromatic carbocycles. The SMILES string of the molecule is O=C(CN1N=N[C@@H]2C(=O)N(c3ccc(F)c(F)c3)C(=O)[C@@H]21)Nc1cccc(F)c1. The van der Waals surface area contributed by atoms with E-state index in [9.17, 15) is 27.6 Å². The summed E-state index contributed by atoms with van der Waals surface area (Å²) in [6.45, 7) is -0.425. The molecule has 0 aliphatic carbocycles. The van der Waals surface area contributed by atoms with Crippen LogP contribution in [0.3, 0.4) is 0 Å². The van der Waals surface area contributed by atoms with Crippen LogP contribution >= 0.6 is 0 Å². The van der Waals surface area contributed by atoms with Gasteiger partial charge in [-0.05, 0) is 30.3 Å². The largest absolute Gasteiger partial charge is 0.324 e. The molecule has 4 rings (SSSR count). The van der Waals surface area contributed by atoms with Crippen molar-refractivity contribution in [3.05, 3.63) is 59.9 Å². The Balaban J connectivity index is 1.50. The first kappa shape index (κ1) is 18.6. The van der Waals surface area contributed by atoms with Crippen molar-refractivity contribution in [1.29, 1.82) is 0 Å². The predicted octanol–water partition coefficient (Wildman–Crippen LogP) is 2.04. The third kappa shape index (κ3) is 3.30. The molecule has 2 aliphatic heterocycles. The first-order valence-corrected chi connectivity index (χ1v) is 8.41. The van der Waals surface area contributed by atoms with Crippen LogP contribution in [0.15, 0.2) is 52.8 Å². The number of fused-ring (bicyclic) bond motifs is 1. The number of benzene rings is 2. The number of amides is 3. The Hall–Kier alpha value is -3.76. The molecule has 29 heavy (non-hydrogen) atoms. The van der Waals surface area contributed by atoms with Gasteiger partial charge < -0.3 is 5.32 Å². The predicted molar refractivity (Wildman–Crippen MR) is 93.0 cm³/mol. The third-order valence-corrected chi connectivity index (χ3v) is 4.43. The number of nitrogens with zero attached hydrogens (tertiary/aromatic N) is 4. The number of rotatable bonds is 4. The Labute approximate surface area is 161 Å². The van der Waals surface area contributed by atoms with Gasteiger partial charge in [0.05, 0.1) is 5.69 Å². The van der Waals surface area contributed by atoms with Crippen molar-refractivity contribution in [2.24, 2.45) is 10.3 Å². The van der Waals surface area contributed by atoms with Gasteiger partial charge in [-0.2, -0.15) is 5.11 Å². The quantitative estimate of drug-likeness (QED) is 0.791. The molecule has 2 heterocycles. The van der Waals surface area contributed by atoms with Crippen LogP contribution in [0.4, 0.5) is 24.5 Å². The van der Waals surface area contributed by atoms with Crippen LogP contribution < -0.4 is 10.2 Å². The van der Waals surface area contributed by atoms with Crippen LogP contribution in [0.2, 0.25) is 0 Å². The summed E-state index contributed by atoms with van der Waals surface area (Å²) in [5, 5.41) is 10.9. The summed E-state index contributed by atoms with van der Waals surface area (Å²) in [6.07, 6.45) is 0. The second-order valence-electron chi connectivity index (χ2n) is 6.36. The first-order valence-electron chi connectivity index (χ1n) is 8.41. The number of carbonyl (C=O) groups excluding carboxylic acids is 3. The van der Waals surface area contributed by atoms with Crippen molar-refractivity contribution >= 4 is 29.1 Å². The summed E-state index contributed by atoms with van der Waals surface area (Å²) in [4.78, 5) is 38.2. The van der Waals surface area contributed by atoms with E-state index < -0.39 is 53.8 Å². The van der Waals surface area contributed by atoms with E-state index in [0.29, 0.717) is 4.90 Å². The average molecular weight is 403 g/mol. The molecule has 3 amide bonds. The molecule has 148 valence electrons. The van der Waals surface area contributed by atoms with E-state index in [1.165, 1.54) is 18.2 Å². The van der Waals surface area contributed by atoms with Crippen molar-refractivity contribution in [3.63, 3.8) is 0 Å². The van der Waals surface area contributed by atoms with Crippen LogP contribution in [0.1, 0.15) is 0 Å². The molecule has 2 aliphatic rings. The Morgan fingerprint density at radius 1 is 1.03 bits per heavy atom. The maximum absolute atomic E-state index is 13.5. The van der Waals surface area contributed by atoms with Gasteiger partial charge in [0, 0.05) is 11.8 Å². The highest BCUT2D eigenvalue weighted by Gasteiger charge is 2.55. The number of hydrogen-bond donors (Lipinski definition) is 1. The molecular weight excluding hydrogens is 391 g/mol. The number of imide groups is 1. The van der Waals surface area contributed by atoms with Crippen LogP contribution in [0, 0.1) is 17.5 Å². The minimum absolute atomic E-state index is 0.146. The van der Waals surface area contributed by atoms with Gasteiger partial charge in [0.1, 0.15) is 12.4 Å². The lowest BCUT2D eigenvalue weighted by molar-refractivity contribution is -0.123. The number of halogens is 3. The lowest BCUT2D eigenvalue weighted by atomic mass is 10.1. The highest BCUT2D eigenvalue weighted by atomic mass is 19.2. The van der Waals surface area contributed by atoms with Crippen LogP contribution in [0.25, 0.3) is 0 Å². The molecule has 0 aromatic heterocycles. The average Bonchev–Trinajstić information content (AvgIpc) is 3.18. The molecule has 0 spiro atoms. The molecule has 8 nitrogen and oxygen atoms in total. The van der Waals surface area contributed by atoms with Gasteiger partial charge in [0.2, 0.25) is 5.91 Å². The molecule has 0 saturated carbocycles. The van der Waals surface area contributed by atoms with E-state index in [0.717, 1.165) is 29.3 Å². The highest BCUT2D eigenvalue weighted by molar-refractivity contribution is 6.25. The summed E-state index contributed by atoms with van der Waals surface area (Å²) in [6, 6.07) is 5.44. The second kappa shape index (κ2) is 7.00. The number of anilines is 2. The number of nitrogens with one attached hydrogen (secondary N) is 1. The Kier molecular flexibility index (Phi) is 4.49. The standard InChI is InChI=1S/C18H12F3N5O3/c19-9-2-1-3-10(6-9)22-14(27)8-25-16-15(23-24-25)17(28)26(18(16)29)11-4-5-12(20)13(21)7-11/h1-7,15-16H,8H2,(H,22,27)/t15-,16+/m0/s1. The van der Waals surface area contributed by atoms with Gasteiger partial charge in [-0.25, -0.2) is 18.1 Å².